The van der Waals surface area contributed by atoms with E-state index >= 15 is 0 Å². The number of benzene rings is 2. The molecule has 0 saturated heterocycles. The zero-order valence-corrected chi connectivity index (χ0v) is 14.7. The van der Waals surface area contributed by atoms with Crippen LogP contribution in [-0.2, 0) is 16.0 Å². The highest BCUT2D eigenvalue weighted by molar-refractivity contribution is 5.72. The summed E-state index contributed by atoms with van der Waals surface area (Å²) in [6, 6.07) is 9.54. The molecule has 2 aromatic carbocycles. The Morgan fingerprint density at radius 2 is 1.38 bits per heavy atom. The highest BCUT2D eigenvalue weighted by Crippen LogP contribution is 2.23. The first kappa shape index (κ1) is 21.6. The molecule has 2 aromatic rings. The maximum Gasteiger partial charge on any atom is 0.309 e. The molecule has 3 nitrogen and oxygen atoms in total. The Labute approximate surface area is 142 Å². The van der Waals surface area contributed by atoms with Crippen LogP contribution in [0.5, 0.6) is 11.5 Å². The van der Waals surface area contributed by atoms with Crippen molar-refractivity contribution in [2.45, 2.75) is 34.1 Å². The van der Waals surface area contributed by atoms with Gasteiger partial charge in [-0.2, -0.15) is 0 Å². The quantitative estimate of drug-likeness (QED) is 0.688. The van der Waals surface area contributed by atoms with Crippen molar-refractivity contribution < 1.29 is 23.0 Å². The van der Waals surface area contributed by atoms with Gasteiger partial charge in [-0.3, -0.25) is 4.79 Å². The molecule has 24 heavy (non-hydrogen) atoms. The molecule has 0 aliphatic rings. The average molecular weight is 338 g/mol. The van der Waals surface area contributed by atoms with Crippen LogP contribution in [0.3, 0.4) is 0 Å². The van der Waals surface area contributed by atoms with Gasteiger partial charge in [-0.15, -0.1) is 0 Å². The van der Waals surface area contributed by atoms with Crippen molar-refractivity contribution in [2.75, 3.05) is 7.11 Å². The van der Waals surface area contributed by atoms with Gasteiger partial charge in [-0.05, 0) is 17.7 Å². The molecule has 0 spiro atoms. The molecule has 5 heteroatoms. The van der Waals surface area contributed by atoms with E-state index in [0.29, 0.717) is 5.75 Å². The molecular formula is C19H24F2O3. The minimum absolute atomic E-state index is 0.0724. The number of esters is 1. The Hall–Kier alpha value is -2.43. The molecule has 132 valence electrons. The van der Waals surface area contributed by atoms with Crippen molar-refractivity contribution in [1.82, 2.24) is 0 Å². The van der Waals surface area contributed by atoms with Gasteiger partial charge >= 0.3 is 5.97 Å². The van der Waals surface area contributed by atoms with Gasteiger partial charge in [-0.25, -0.2) is 8.78 Å². The number of methoxy groups -OCH3 is 1. The van der Waals surface area contributed by atoms with E-state index in [0.717, 1.165) is 23.8 Å². The number of hydrogen-bond acceptors (Lipinski definition) is 3. The topological polar surface area (TPSA) is 35.5 Å². The lowest BCUT2D eigenvalue weighted by Gasteiger charge is -2.07. The van der Waals surface area contributed by atoms with Crippen LogP contribution in [0.2, 0.25) is 0 Å². The fourth-order valence-corrected chi connectivity index (χ4v) is 1.64. The summed E-state index contributed by atoms with van der Waals surface area (Å²) in [4.78, 5) is 11.1. The summed E-state index contributed by atoms with van der Waals surface area (Å²) in [5, 5.41) is 0. The minimum atomic E-state index is -0.706. The van der Waals surface area contributed by atoms with Gasteiger partial charge in [-0.1, -0.05) is 39.8 Å². The van der Waals surface area contributed by atoms with E-state index in [2.05, 4.69) is 4.74 Å². The summed E-state index contributed by atoms with van der Waals surface area (Å²) in [6.45, 7) is 8.00. The van der Waals surface area contributed by atoms with E-state index in [9.17, 15) is 13.6 Å². The smallest absolute Gasteiger partial charge is 0.309 e. The summed E-state index contributed by atoms with van der Waals surface area (Å²) in [5.74, 6) is -1.26. The normalized spacial score (nSPS) is 8.96. The van der Waals surface area contributed by atoms with Gasteiger partial charge in [0.1, 0.15) is 23.1 Å². The fraction of sp³-hybridized carbons (Fsp3) is 0.316. The van der Waals surface area contributed by atoms with Crippen LogP contribution in [0.25, 0.3) is 0 Å². The molecule has 0 amide bonds. The Balaban J connectivity index is 0.00000123. The molecule has 0 aromatic heterocycles. The number of ether oxygens (including phenoxy) is 2. The largest absolute Gasteiger partial charge is 0.469 e. The summed E-state index contributed by atoms with van der Waals surface area (Å²) >= 11 is 0. The van der Waals surface area contributed by atoms with E-state index < -0.39 is 11.6 Å². The van der Waals surface area contributed by atoms with Crippen LogP contribution >= 0.6 is 0 Å². The van der Waals surface area contributed by atoms with Crippen molar-refractivity contribution in [3.05, 3.63) is 59.7 Å². The first-order chi connectivity index (χ1) is 11.6. The van der Waals surface area contributed by atoms with Gasteiger partial charge in [0.2, 0.25) is 0 Å². The van der Waals surface area contributed by atoms with Crippen LogP contribution in [-0.4, -0.2) is 13.1 Å². The molecule has 0 N–H and O–H groups in total. The second-order valence-corrected chi connectivity index (χ2v) is 4.10. The van der Waals surface area contributed by atoms with Crippen molar-refractivity contribution in [1.29, 1.82) is 0 Å². The zero-order chi connectivity index (χ0) is 18.5. The van der Waals surface area contributed by atoms with Gasteiger partial charge in [0.05, 0.1) is 13.5 Å². The number of rotatable bonds is 4. The molecule has 0 radical (unpaired) electrons. The van der Waals surface area contributed by atoms with Gasteiger partial charge in [0.25, 0.3) is 0 Å². The van der Waals surface area contributed by atoms with Crippen molar-refractivity contribution in [2.24, 2.45) is 0 Å². The second-order valence-electron chi connectivity index (χ2n) is 4.10. The maximum atomic E-state index is 13.0. The molecular weight excluding hydrogens is 314 g/mol. The van der Waals surface area contributed by atoms with Gasteiger partial charge < -0.3 is 9.47 Å². The van der Waals surface area contributed by atoms with Gasteiger partial charge in [0.15, 0.2) is 0 Å². The standard InChI is InChI=1S/C15H12F2O3.2C2H6/c1-19-15(18)6-10-2-4-13(5-3-10)20-14-8-11(16)7-12(17)9-14;2*1-2/h2-5,7-9H,6H2,1H3;2*1-2H3. The number of halogens is 2. The van der Waals surface area contributed by atoms with Crippen LogP contribution in [0.4, 0.5) is 8.78 Å². The van der Waals surface area contributed by atoms with Crippen molar-refractivity contribution >= 4 is 5.97 Å². The zero-order valence-electron chi connectivity index (χ0n) is 14.7. The summed E-state index contributed by atoms with van der Waals surface area (Å²) < 4.78 is 35.9. The Bertz CT molecular complexity index is 590. The van der Waals surface area contributed by atoms with Gasteiger partial charge in [0, 0.05) is 18.2 Å². The third-order valence-electron chi connectivity index (χ3n) is 2.57. The van der Waals surface area contributed by atoms with Crippen LogP contribution in [0, 0.1) is 11.6 Å². The maximum absolute atomic E-state index is 13.0. The Morgan fingerprint density at radius 1 is 0.875 bits per heavy atom. The summed E-state index contributed by atoms with van der Waals surface area (Å²) in [5.41, 5.74) is 0.759. The van der Waals surface area contributed by atoms with E-state index in [-0.39, 0.29) is 18.1 Å². The van der Waals surface area contributed by atoms with E-state index in [1.54, 1.807) is 24.3 Å². The minimum Gasteiger partial charge on any atom is -0.469 e. The van der Waals surface area contributed by atoms with E-state index in [1.165, 1.54) is 7.11 Å². The highest BCUT2D eigenvalue weighted by Gasteiger charge is 2.05. The summed E-state index contributed by atoms with van der Waals surface area (Å²) in [7, 11) is 1.32. The van der Waals surface area contributed by atoms with Crippen LogP contribution in [0.1, 0.15) is 33.3 Å². The molecule has 2 rings (SSSR count). The molecule has 0 fully saturated rings. The molecule has 0 aliphatic heterocycles. The van der Waals surface area contributed by atoms with E-state index in [1.807, 2.05) is 27.7 Å². The summed E-state index contributed by atoms with van der Waals surface area (Å²) in [6.07, 6.45) is 0.158. The van der Waals surface area contributed by atoms with Crippen LogP contribution < -0.4 is 4.74 Å². The lowest BCUT2D eigenvalue weighted by molar-refractivity contribution is -0.139. The first-order valence-electron chi connectivity index (χ1n) is 7.86. The van der Waals surface area contributed by atoms with E-state index in [4.69, 9.17) is 4.74 Å². The Morgan fingerprint density at radius 3 is 1.83 bits per heavy atom. The molecule has 0 heterocycles. The third kappa shape index (κ3) is 7.72. The lowest BCUT2D eigenvalue weighted by atomic mass is 10.1. The fourth-order valence-electron chi connectivity index (χ4n) is 1.64. The SMILES string of the molecule is CC.CC.COC(=O)Cc1ccc(Oc2cc(F)cc(F)c2)cc1. The van der Waals surface area contributed by atoms with Crippen LogP contribution in [0.15, 0.2) is 42.5 Å². The third-order valence-corrected chi connectivity index (χ3v) is 2.57. The molecule has 0 saturated carbocycles. The molecule has 0 aliphatic carbocycles. The predicted octanol–water partition coefficient (Wildman–Crippen LogP) is 5.53. The molecule has 0 bridgehead atoms. The lowest BCUT2D eigenvalue weighted by Crippen LogP contribution is -2.04. The second kappa shape index (κ2) is 12.0. The monoisotopic (exact) mass is 338 g/mol. The molecule has 0 atom stereocenters. The van der Waals surface area contributed by atoms with Crippen molar-refractivity contribution in [3.8, 4) is 11.5 Å². The number of carbonyl (C=O) groups is 1. The van der Waals surface area contributed by atoms with Crippen molar-refractivity contribution in [3.63, 3.8) is 0 Å². The predicted molar refractivity (Wildman–Crippen MR) is 91.3 cm³/mol. The average Bonchev–Trinajstić information content (AvgIpc) is 2.59. The number of hydrogen-bond donors (Lipinski definition) is 0. The number of carbonyl (C=O) groups excluding carboxylic acids is 1. The highest BCUT2D eigenvalue weighted by atomic mass is 19.1. The Kier molecular flexibility index (Phi) is 10.8. The molecule has 0 unspecified atom stereocenters. The first-order valence-corrected chi connectivity index (χ1v) is 7.86.